The largest absolute Gasteiger partial charge is 0.356 e. The number of nitrogens with zero attached hydrogens (tertiary/aromatic N) is 6. The third-order valence-electron chi connectivity index (χ3n) is 6.85. The lowest BCUT2D eigenvalue weighted by Crippen LogP contribution is -2.30. The van der Waals surface area contributed by atoms with Crippen molar-refractivity contribution in [2.45, 2.75) is 38.5 Å². The number of rotatable bonds is 5. The molecule has 8 heteroatoms. The van der Waals surface area contributed by atoms with Crippen LogP contribution in [-0.2, 0) is 0 Å². The molecule has 0 unspecified atom stereocenters. The van der Waals surface area contributed by atoms with Crippen LogP contribution in [0, 0.1) is 0 Å². The molecule has 0 spiro atoms. The minimum Gasteiger partial charge on any atom is -0.356 e. The van der Waals surface area contributed by atoms with E-state index in [1.807, 2.05) is 12.4 Å². The SMILES string of the molecule is c1nc(N2CCCCC2)c2cc(-c3ccc(Nc4cnc(N5CCCCC5)cn4)cc3)[nH]c2n1. The van der Waals surface area contributed by atoms with E-state index < -0.39 is 0 Å². The van der Waals surface area contributed by atoms with Crippen LogP contribution >= 0.6 is 0 Å². The van der Waals surface area contributed by atoms with Crippen molar-refractivity contribution < 1.29 is 0 Å². The zero-order valence-corrected chi connectivity index (χ0v) is 19.4. The lowest BCUT2D eigenvalue weighted by atomic mass is 10.1. The highest BCUT2D eigenvalue weighted by atomic mass is 15.2. The standard InChI is InChI=1S/C26H30N8/c1-3-11-33(12-4-1)24-17-27-23(16-28-24)31-20-9-7-19(8-10-20)22-15-21-25(32-22)29-18-30-26(21)34-13-5-2-6-14-34/h7-10,15-18H,1-6,11-14H2,(H,27,31)(H,29,30,32). The Balaban J connectivity index is 1.17. The molecule has 5 heterocycles. The van der Waals surface area contributed by atoms with Gasteiger partial charge in [-0.15, -0.1) is 0 Å². The van der Waals surface area contributed by atoms with Gasteiger partial charge >= 0.3 is 0 Å². The van der Waals surface area contributed by atoms with E-state index in [9.17, 15) is 0 Å². The fraction of sp³-hybridized carbons (Fsp3) is 0.385. The van der Waals surface area contributed by atoms with E-state index in [1.54, 1.807) is 6.33 Å². The molecule has 8 nitrogen and oxygen atoms in total. The Morgan fingerprint density at radius 2 is 1.47 bits per heavy atom. The molecular formula is C26H30N8. The van der Waals surface area contributed by atoms with Gasteiger partial charge in [-0.05, 0) is 62.3 Å². The molecule has 2 saturated heterocycles. The van der Waals surface area contributed by atoms with Gasteiger partial charge in [0.25, 0.3) is 0 Å². The van der Waals surface area contributed by atoms with Gasteiger partial charge < -0.3 is 20.1 Å². The van der Waals surface area contributed by atoms with Crippen molar-refractivity contribution in [3.05, 3.63) is 49.1 Å². The van der Waals surface area contributed by atoms with Crippen molar-refractivity contribution in [1.82, 2.24) is 24.9 Å². The topological polar surface area (TPSA) is 85.9 Å². The van der Waals surface area contributed by atoms with Crippen LogP contribution in [0.3, 0.4) is 0 Å². The predicted molar refractivity (Wildman–Crippen MR) is 137 cm³/mol. The number of anilines is 4. The summed E-state index contributed by atoms with van der Waals surface area (Å²) in [5.74, 6) is 2.75. The molecule has 0 bridgehead atoms. The van der Waals surface area contributed by atoms with Gasteiger partial charge in [0.05, 0.1) is 17.8 Å². The quantitative estimate of drug-likeness (QED) is 0.432. The van der Waals surface area contributed by atoms with Gasteiger partial charge in [0.15, 0.2) is 0 Å². The molecule has 0 radical (unpaired) electrons. The monoisotopic (exact) mass is 454 g/mol. The van der Waals surface area contributed by atoms with Crippen molar-refractivity contribution in [2.75, 3.05) is 41.3 Å². The molecular weight excluding hydrogens is 424 g/mol. The summed E-state index contributed by atoms with van der Waals surface area (Å²) in [7, 11) is 0. The summed E-state index contributed by atoms with van der Waals surface area (Å²) < 4.78 is 0. The number of hydrogen-bond acceptors (Lipinski definition) is 7. The molecule has 34 heavy (non-hydrogen) atoms. The lowest BCUT2D eigenvalue weighted by Gasteiger charge is -2.27. The summed E-state index contributed by atoms with van der Waals surface area (Å²) >= 11 is 0. The first kappa shape index (κ1) is 20.9. The van der Waals surface area contributed by atoms with Gasteiger partial charge in [-0.2, -0.15) is 0 Å². The number of H-pyrrole nitrogens is 1. The molecule has 0 aliphatic carbocycles. The van der Waals surface area contributed by atoms with Crippen molar-refractivity contribution in [1.29, 1.82) is 0 Å². The van der Waals surface area contributed by atoms with Crippen molar-refractivity contribution in [2.24, 2.45) is 0 Å². The van der Waals surface area contributed by atoms with E-state index in [4.69, 9.17) is 0 Å². The molecule has 0 saturated carbocycles. The second kappa shape index (κ2) is 9.29. The normalized spacial score (nSPS) is 16.7. The Morgan fingerprint density at radius 1 is 0.735 bits per heavy atom. The average molecular weight is 455 g/mol. The second-order valence-corrected chi connectivity index (χ2v) is 9.20. The number of benzene rings is 1. The van der Waals surface area contributed by atoms with Crippen molar-refractivity contribution in [3.8, 4) is 11.3 Å². The molecule has 2 aliphatic rings. The molecule has 2 N–H and O–H groups in total. The predicted octanol–water partition coefficient (Wildman–Crippen LogP) is 5.14. The van der Waals surface area contributed by atoms with Gasteiger partial charge in [-0.3, -0.25) is 0 Å². The van der Waals surface area contributed by atoms with Crippen LogP contribution in [0.5, 0.6) is 0 Å². The number of piperidine rings is 2. The molecule has 0 atom stereocenters. The second-order valence-electron chi connectivity index (χ2n) is 9.20. The van der Waals surface area contributed by atoms with Gasteiger partial charge in [0.1, 0.15) is 29.4 Å². The van der Waals surface area contributed by atoms with Crippen LogP contribution in [-0.4, -0.2) is 51.1 Å². The summed E-state index contributed by atoms with van der Waals surface area (Å²) in [6.45, 7) is 4.27. The third kappa shape index (κ3) is 4.27. The summed E-state index contributed by atoms with van der Waals surface area (Å²) in [4.78, 5) is 26.4. The first-order chi connectivity index (χ1) is 16.8. The first-order valence-electron chi connectivity index (χ1n) is 12.4. The van der Waals surface area contributed by atoms with Crippen LogP contribution in [0.1, 0.15) is 38.5 Å². The fourth-order valence-corrected chi connectivity index (χ4v) is 4.99. The molecule has 2 fully saturated rings. The highest BCUT2D eigenvalue weighted by molar-refractivity contribution is 5.92. The molecule has 3 aromatic heterocycles. The van der Waals surface area contributed by atoms with Crippen LogP contribution < -0.4 is 15.1 Å². The fourth-order valence-electron chi connectivity index (χ4n) is 4.99. The van der Waals surface area contributed by atoms with Crippen LogP contribution in [0.15, 0.2) is 49.1 Å². The van der Waals surface area contributed by atoms with Crippen LogP contribution in [0.25, 0.3) is 22.3 Å². The van der Waals surface area contributed by atoms with Gasteiger partial charge in [-0.25, -0.2) is 19.9 Å². The summed E-state index contributed by atoms with van der Waals surface area (Å²) in [5, 5.41) is 4.45. The van der Waals surface area contributed by atoms with Gasteiger partial charge in [0.2, 0.25) is 0 Å². The summed E-state index contributed by atoms with van der Waals surface area (Å²) in [5.41, 5.74) is 4.02. The zero-order valence-electron chi connectivity index (χ0n) is 19.4. The minimum atomic E-state index is 0.751. The Kier molecular flexibility index (Phi) is 5.71. The Morgan fingerprint density at radius 3 is 2.18 bits per heavy atom. The molecule has 2 aliphatic heterocycles. The maximum absolute atomic E-state index is 4.61. The maximum Gasteiger partial charge on any atom is 0.149 e. The summed E-state index contributed by atoms with van der Waals surface area (Å²) in [6.07, 6.45) is 12.9. The molecule has 4 aromatic rings. The zero-order chi connectivity index (χ0) is 22.7. The Bertz CT molecular complexity index is 1240. The number of nitrogens with one attached hydrogen (secondary N) is 2. The van der Waals surface area contributed by atoms with Gasteiger partial charge in [-0.1, -0.05) is 12.1 Å². The Hall–Kier alpha value is -3.68. The lowest BCUT2D eigenvalue weighted by molar-refractivity contribution is 0.573. The first-order valence-corrected chi connectivity index (χ1v) is 12.4. The van der Waals surface area contributed by atoms with E-state index in [0.29, 0.717) is 0 Å². The smallest absolute Gasteiger partial charge is 0.149 e. The molecule has 174 valence electrons. The minimum absolute atomic E-state index is 0.751. The van der Waals surface area contributed by atoms with E-state index in [1.165, 1.54) is 38.5 Å². The highest BCUT2D eigenvalue weighted by Gasteiger charge is 2.17. The van der Waals surface area contributed by atoms with Crippen LogP contribution in [0.2, 0.25) is 0 Å². The summed E-state index contributed by atoms with van der Waals surface area (Å²) in [6, 6.07) is 10.5. The van der Waals surface area contributed by atoms with E-state index in [2.05, 4.69) is 70.4 Å². The Labute approximate surface area is 199 Å². The van der Waals surface area contributed by atoms with Crippen molar-refractivity contribution >= 4 is 34.2 Å². The van der Waals surface area contributed by atoms with E-state index >= 15 is 0 Å². The van der Waals surface area contributed by atoms with Crippen molar-refractivity contribution in [3.63, 3.8) is 0 Å². The number of hydrogen-bond donors (Lipinski definition) is 2. The van der Waals surface area contributed by atoms with Crippen LogP contribution in [0.4, 0.5) is 23.1 Å². The van der Waals surface area contributed by atoms with Gasteiger partial charge in [0, 0.05) is 37.6 Å². The number of aromatic nitrogens is 5. The third-order valence-corrected chi connectivity index (χ3v) is 6.85. The average Bonchev–Trinajstić information content (AvgIpc) is 3.35. The number of fused-ring (bicyclic) bond motifs is 1. The number of aromatic amines is 1. The maximum atomic E-state index is 4.61. The molecule has 6 rings (SSSR count). The highest BCUT2D eigenvalue weighted by Crippen LogP contribution is 2.31. The molecule has 1 aromatic carbocycles. The van der Waals surface area contributed by atoms with E-state index in [-0.39, 0.29) is 0 Å². The molecule has 0 amide bonds. The van der Waals surface area contributed by atoms with E-state index in [0.717, 1.165) is 71.6 Å².